The summed E-state index contributed by atoms with van der Waals surface area (Å²) in [4.78, 5) is 277. The number of carbonyl (C=O) groups is 20. The summed E-state index contributed by atoms with van der Waals surface area (Å²) in [6.07, 6.45) is -4.95. The average molecular weight is 1630 g/mol. The second-order valence-corrected chi connectivity index (χ2v) is 28.7. The number of carboxylic acid groups (broad SMARTS) is 4. The number of primary amides is 2. The van der Waals surface area contributed by atoms with Crippen molar-refractivity contribution in [1.29, 1.82) is 0 Å². The fraction of sp³-hybridized carbons (Fsp3) is 0.611. The number of fused-ring (bicyclic) bond motifs is 1. The number of aromatic amines is 1. The van der Waals surface area contributed by atoms with Gasteiger partial charge in [0, 0.05) is 50.5 Å². The second-order valence-electron chi connectivity index (χ2n) is 28.7. The number of ether oxygens (including phenoxy) is 2. The number of H-pyrrole nitrogens is 1. The van der Waals surface area contributed by atoms with Crippen molar-refractivity contribution in [3.8, 4) is 0 Å². The number of aromatic nitrogens is 1. The van der Waals surface area contributed by atoms with E-state index in [1.807, 2.05) is 5.32 Å². The van der Waals surface area contributed by atoms with Crippen LogP contribution in [0.4, 0.5) is 0 Å². The van der Waals surface area contributed by atoms with Crippen LogP contribution in [0.3, 0.4) is 0 Å². The molecule has 1 aliphatic rings. The van der Waals surface area contributed by atoms with Gasteiger partial charge in [0.1, 0.15) is 72.6 Å². The molecule has 0 bridgehead atoms. The summed E-state index contributed by atoms with van der Waals surface area (Å²) in [7, 11) is 1.75. The van der Waals surface area contributed by atoms with Gasteiger partial charge in [-0.1, -0.05) is 78.5 Å². The number of cyclic esters (lactones) is 1. The van der Waals surface area contributed by atoms with Crippen molar-refractivity contribution in [2.75, 3.05) is 33.8 Å². The number of hydrogen-bond donors (Lipinski definition) is 20. The summed E-state index contributed by atoms with van der Waals surface area (Å²) in [6.45, 7) is 7.72. The lowest BCUT2D eigenvalue weighted by atomic mass is 9.95. The molecular weight excluding hydrogens is 1520 g/mol. The second kappa shape index (κ2) is 48.2. The fourth-order valence-electron chi connectivity index (χ4n) is 11.9. The van der Waals surface area contributed by atoms with Crippen LogP contribution in [0.1, 0.15) is 150 Å². The highest BCUT2D eigenvalue weighted by Gasteiger charge is 2.43. The van der Waals surface area contributed by atoms with Crippen LogP contribution >= 0.6 is 0 Å². The van der Waals surface area contributed by atoms with Gasteiger partial charge in [0.2, 0.25) is 88.6 Å². The van der Waals surface area contributed by atoms with Crippen molar-refractivity contribution in [2.45, 2.75) is 230 Å². The van der Waals surface area contributed by atoms with E-state index >= 15 is 0 Å². The van der Waals surface area contributed by atoms with Gasteiger partial charge >= 0.3 is 29.8 Å². The number of nitrogens with two attached hydrogens (primary N) is 3. The number of rotatable bonds is 36. The quantitative estimate of drug-likeness (QED) is 0.0224. The fourth-order valence-corrected chi connectivity index (χ4v) is 11.9. The lowest BCUT2D eigenvalue weighted by Crippen LogP contribution is -2.62. The molecule has 1 aromatic carbocycles. The molecule has 0 aliphatic carbocycles. The molecule has 1 saturated heterocycles. The first-order chi connectivity index (χ1) is 54.0. The molecule has 2 aromatic rings. The number of carbonyl (C=O) groups excluding carboxylic acids is 16. The Morgan fingerprint density at radius 3 is 1.79 bits per heavy atom. The minimum absolute atomic E-state index is 0.00125. The Morgan fingerprint density at radius 2 is 1.19 bits per heavy atom. The topological polar surface area (TPSA) is 682 Å². The van der Waals surface area contributed by atoms with Crippen LogP contribution in [-0.4, -0.2) is 261 Å². The van der Waals surface area contributed by atoms with Gasteiger partial charge in [0.05, 0.1) is 38.8 Å². The normalized spacial score (nSPS) is 21.7. The highest BCUT2D eigenvalue weighted by molar-refractivity contribution is 6.02. The molecule has 3 rings (SSSR count). The summed E-state index contributed by atoms with van der Waals surface area (Å²) in [5.41, 5.74) is 17.9. The third-order valence-corrected chi connectivity index (χ3v) is 18.2. The maximum absolute atomic E-state index is 14.9. The van der Waals surface area contributed by atoms with Crippen molar-refractivity contribution in [2.24, 2.45) is 35.0 Å². The summed E-state index contributed by atoms with van der Waals surface area (Å²) >= 11 is 0. The molecule has 43 nitrogen and oxygen atoms in total. The molecule has 2 heterocycles. The number of aliphatic carboxylic acids is 4. The van der Waals surface area contributed by atoms with Crippen LogP contribution < -0.4 is 81.0 Å². The van der Waals surface area contributed by atoms with Gasteiger partial charge in [-0.3, -0.25) is 86.3 Å². The number of para-hydroxylation sites is 1. The van der Waals surface area contributed by atoms with E-state index in [0.29, 0.717) is 40.1 Å². The van der Waals surface area contributed by atoms with E-state index in [-0.39, 0.29) is 38.6 Å². The number of unbranched alkanes of at least 4 members (excludes halogenated alkanes) is 4. The molecule has 0 spiro atoms. The summed E-state index contributed by atoms with van der Waals surface area (Å²) in [6, 6.07) is -14.7. The molecule has 43 heteroatoms. The van der Waals surface area contributed by atoms with Gasteiger partial charge in [-0.05, 0) is 81.9 Å². The Balaban J connectivity index is 2.26. The monoisotopic (exact) mass is 1630 g/mol. The van der Waals surface area contributed by atoms with Crippen LogP contribution in [0, 0.1) is 17.8 Å². The van der Waals surface area contributed by atoms with E-state index in [1.165, 1.54) is 13.8 Å². The number of nitrogens with zero attached hydrogens (tertiary/aromatic N) is 1. The predicted molar refractivity (Wildman–Crippen MR) is 402 cm³/mol. The van der Waals surface area contributed by atoms with Crippen LogP contribution in [0.25, 0.3) is 10.9 Å². The van der Waals surface area contributed by atoms with E-state index in [9.17, 15) is 116 Å². The number of benzene rings is 1. The number of esters is 1. The van der Waals surface area contributed by atoms with Gasteiger partial charge in [0.15, 0.2) is 6.10 Å². The lowest BCUT2D eigenvalue weighted by Gasteiger charge is -2.32. The van der Waals surface area contributed by atoms with Crippen molar-refractivity contribution in [3.05, 3.63) is 36.0 Å². The number of nitrogens with one attached hydrogen (secondary N) is 13. The van der Waals surface area contributed by atoms with Crippen molar-refractivity contribution < 1.29 is 126 Å². The number of carboxylic acids is 4. The van der Waals surface area contributed by atoms with E-state index in [2.05, 4.69) is 77.3 Å². The molecule has 1 aliphatic heterocycles. The first kappa shape index (κ1) is 97.3. The average Bonchev–Trinajstić information content (AvgIpc) is 1.76. The molecule has 14 atom stereocenters. The third kappa shape index (κ3) is 33.7. The highest BCUT2D eigenvalue weighted by atomic mass is 16.5. The van der Waals surface area contributed by atoms with Crippen molar-refractivity contribution in [1.82, 2.24) is 73.7 Å². The SMILES string of the molecule is COC(C(=O)O)C1NC(=O)C(CCCCN)NC(=O)C(CC(=O)O)NC(=O)C(C)NC(=O)CN(C)C(=O)C(NC(=O)C(CC(N)=O)NC(=O)C(CCC(=O)O)NC(=O)C(Cc2c[nH]c3ccccc23)NC(=O)CCCCCCC(C)C)C(C)OC(=O)C(C(C)C)NC(=O)C(C(C)CC(=O)O)NC(=O)C(CC(N)=O)NC(=O)CNC1=O. The molecule has 1 fully saturated rings. The van der Waals surface area contributed by atoms with Crippen molar-refractivity contribution >= 4 is 129 Å². The molecule has 115 heavy (non-hydrogen) atoms. The maximum Gasteiger partial charge on any atom is 0.335 e. The largest absolute Gasteiger partial charge is 0.481 e. The summed E-state index contributed by atoms with van der Waals surface area (Å²) < 4.78 is 10.7. The van der Waals surface area contributed by atoms with Crippen LogP contribution in [-0.2, 0) is 112 Å². The Hall–Kier alpha value is -11.9. The summed E-state index contributed by atoms with van der Waals surface area (Å²) in [5, 5.41) is 67.4. The third-order valence-electron chi connectivity index (χ3n) is 18.2. The molecule has 14 unspecified atom stereocenters. The van der Waals surface area contributed by atoms with E-state index in [1.54, 1.807) is 30.5 Å². The highest BCUT2D eigenvalue weighted by Crippen LogP contribution is 2.21. The van der Waals surface area contributed by atoms with E-state index in [0.717, 1.165) is 54.2 Å². The molecule has 0 radical (unpaired) electrons. The standard InChI is InChI=1S/C72H109N17O26/c1-34(2)18-12-10-11-13-22-50(92)79-44(27-39-31-76-41-20-15-14-19-40(39)41)64(104)82-43(23-24-53(95)96)62(102)84-46(29-49(75)91)67(107)87-58-38(7)115-72(113)56(35(3)4)85-69(109)57(36(5)26-54(97)98)86-66(106)45(28-48(74)90)80-51(93)32-77-68(108)59(60(114-9)71(111)112)88-63(103)42(21-16-17-25-73)81-65(105)47(30-55(99)100)83-61(101)37(6)78-52(94)33-89(8)70(58)110/h14-15,19-20,31,34-38,42-47,56-60,76H,10-13,16-18,21-30,32-33,73H2,1-9H3,(H2,74,90)(H2,75,91)(H,77,108)(H,78,94)(H,79,92)(H,80,93)(H,81,105)(H,82,104)(H,83,101)(H,84,102)(H,85,109)(H,86,106)(H,87,107)(H,88,103)(H,95,96)(H,97,98)(H,99,100)(H,111,112). The smallest absolute Gasteiger partial charge is 0.335 e. The van der Waals surface area contributed by atoms with E-state index < -0.39 is 261 Å². The number of amides is 15. The van der Waals surface area contributed by atoms with Gasteiger partial charge < -0.3 is 121 Å². The minimum Gasteiger partial charge on any atom is -0.481 e. The van der Waals surface area contributed by atoms with Crippen LogP contribution in [0.15, 0.2) is 30.5 Å². The molecule has 0 saturated carbocycles. The first-order valence-corrected chi connectivity index (χ1v) is 37.3. The van der Waals surface area contributed by atoms with Gasteiger partial charge in [0.25, 0.3) is 0 Å². The molecule has 1 aromatic heterocycles. The van der Waals surface area contributed by atoms with Crippen molar-refractivity contribution in [3.63, 3.8) is 0 Å². The first-order valence-electron chi connectivity index (χ1n) is 37.3. The molecule has 15 amide bonds. The zero-order valence-electron chi connectivity index (χ0n) is 65.5. The Bertz CT molecular complexity index is 3830. The lowest BCUT2D eigenvalue weighted by molar-refractivity contribution is -0.159. The minimum atomic E-state index is -2.30. The van der Waals surface area contributed by atoms with Gasteiger partial charge in [-0.25, -0.2) is 9.59 Å². The molecular formula is C72H109N17O26. The zero-order chi connectivity index (χ0) is 86.7. The number of methoxy groups -OCH3 is 1. The van der Waals surface area contributed by atoms with Crippen LogP contribution in [0.2, 0.25) is 0 Å². The molecule has 23 N–H and O–H groups in total. The predicted octanol–water partition coefficient (Wildman–Crippen LogP) is -5.33. The Labute approximate surface area is 661 Å². The number of likely N-dealkylation sites (N-methyl/N-ethyl adjacent to an activating group) is 1. The van der Waals surface area contributed by atoms with Crippen LogP contribution in [0.5, 0.6) is 0 Å². The van der Waals surface area contributed by atoms with E-state index in [4.69, 9.17) is 26.7 Å². The number of hydrogen-bond acceptors (Lipinski definition) is 23. The van der Waals surface area contributed by atoms with Gasteiger partial charge in [-0.15, -0.1) is 0 Å². The molecule has 638 valence electrons. The Morgan fingerprint density at radius 1 is 0.591 bits per heavy atom. The van der Waals surface area contributed by atoms with Gasteiger partial charge in [-0.2, -0.15) is 0 Å². The maximum atomic E-state index is 14.9. The zero-order valence-corrected chi connectivity index (χ0v) is 65.5. The summed E-state index contributed by atoms with van der Waals surface area (Å²) in [5.74, 6) is -29.3. The Kier molecular flexibility index (Phi) is 40.8.